The number of sulfone groups is 1. The first-order valence-corrected chi connectivity index (χ1v) is 11.3. The van der Waals surface area contributed by atoms with Crippen LogP contribution in [0.5, 0.6) is 0 Å². The third-order valence-electron chi connectivity index (χ3n) is 5.41. The van der Waals surface area contributed by atoms with Crippen LogP contribution < -0.4 is 5.32 Å². The Hall–Kier alpha value is -2.60. The number of nitrogens with zero attached hydrogens (tertiary/aromatic N) is 2. The van der Waals surface area contributed by atoms with E-state index in [4.69, 9.17) is 0 Å². The van der Waals surface area contributed by atoms with Crippen molar-refractivity contribution in [3.05, 3.63) is 66.1 Å². The molecule has 1 heterocycles. The summed E-state index contributed by atoms with van der Waals surface area (Å²) < 4.78 is 26.7. The van der Waals surface area contributed by atoms with E-state index in [9.17, 15) is 8.42 Å². The number of anilines is 1. The number of hydrogen-bond donors (Lipinski definition) is 1. The van der Waals surface area contributed by atoms with Crippen LogP contribution in [-0.4, -0.2) is 23.7 Å². The van der Waals surface area contributed by atoms with Crippen molar-refractivity contribution in [1.82, 2.24) is 9.55 Å². The van der Waals surface area contributed by atoms with E-state index < -0.39 is 9.84 Å². The van der Waals surface area contributed by atoms with Crippen LogP contribution >= 0.6 is 0 Å². The molecule has 6 heteroatoms. The Morgan fingerprint density at radius 2 is 2.04 bits per heavy atom. The quantitative estimate of drug-likeness (QED) is 0.697. The van der Waals surface area contributed by atoms with Gasteiger partial charge in [0.25, 0.3) is 0 Å². The molecule has 0 spiro atoms. The fourth-order valence-corrected chi connectivity index (χ4v) is 4.77. The molecule has 0 amide bonds. The minimum absolute atomic E-state index is 0.0808. The van der Waals surface area contributed by atoms with Crippen LogP contribution in [0, 0.1) is 0 Å². The predicted molar refractivity (Wildman–Crippen MR) is 112 cm³/mol. The highest BCUT2D eigenvalue weighted by atomic mass is 32.2. The van der Waals surface area contributed by atoms with Gasteiger partial charge in [-0.1, -0.05) is 31.2 Å². The van der Waals surface area contributed by atoms with Crippen molar-refractivity contribution in [2.75, 3.05) is 11.1 Å². The monoisotopic (exact) mass is 395 g/mol. The number of fused-ring (bicyclic) bond motifs is 1. The maximum absolute atomic E-state index is 12.4. The molecular formula is C22H25N3O2S. The highest BCUT2D eigenvalue weighted by molar-refractivity contribution is 7.91. The standard InChI is InChI=1S/C22H25N3O2S/c1-3-28(26,27)17-11-12-21(19(13-17)22-14-25(2)15-23-22)24-20-10-6-8-16-7-4-5-9-18(16)20/h4-5,7,9,11-15,20,24H,3,6,8,10H2,1-2H3. The molecule has 1 unspecified atom stereocenters. The summed E-state index contributed by atoms with van der Waals surface area (Å²) in [5.74, 6) is 0.0808. The van der Waals surface area contributed by atoms with Gasteiger partial charge in [0.1, 0.15) is 0 Å². The molecule has 146 valence electrons. The number of hydrogen-bond acceptors (Lipinski definition) is 4. The molecule has 2 aromatic carbocycles. The fraction of sp³-hybridized carbons (Fsp3) is 0.318. The first kappa shape index (κ1) is 18.7. The number of benzene rings is 2. The van der Waals surface area contributed by atoms with E-state index in [2.05, 4.69) is 34.6 Å². The molecule has 0 bridgehead atoms. The third-order valence-corrected chi connectivity index (χ3v) is 7.14. The molecule has 0 saturated carbocycles. The van der Waals surface area contributed by atoms with E-state index in [1.54, 1.807) is 25.4 Å². The minimum Gasteiger partial charge on any atom is -0.378 e. The van der Waals surface area contributed by atoms with E-state index >= 15 is 0 Å². The second-order valence-electron chi connectivity index (χ2n) is 7.32. The van der Waals surface area contributed by atoms with Gasteiger partial charge in [0, 0.05) is 24.5 Å². The Balaban J connectivity index is 1.77. The van der Waals surface area contributed by atoms with Crippen molar-refractivity contribution in [3.63, 3.8) is 0 Å². The van der Waals surface area contributed by atoms with E-state index in [-0.39, 0.29) is 11.8 Å². The van der Waals surface area contributed by atoms with Gasteiger partial charge in [0.2, 0.25) is 0 Å². The number of aromatic nitrogens is 2. The number of imidazole rings is 1. The maximum Gasteiger partial charge on any atom is 0.178 e. The first-order valence-electron chi connectivity index (χ1n) is 9.67. The third kappa shape index (κ3) is 3.56. The molecule has 0 fully saturated rings. The van der Waals surface area contributed by atoms with Crippen molar-refractivity contribution in [3.8, 4) is 11.3 Å². The molecule has 1 aliphatic rings. The predicted octanol–water partition coefficient (Wildman–Crippen LogP) is 4.37. The Morgan fingerprint density at radius 3 is 2.79 bits per heavy atom. The zero-order chi connectivity index (χ0) is 19.7. The summed E-state index contributed by atoms with van der Waals surface area (Å²) in [7, 11) is -1.37. The van der Waals surface area contributed by atoms with Crippen LogP contribution in [-0.2, 0) is 23.3 Å². The Bertz CT molecular complexity index is 1100. The Morgan fingerprint density at radius 1 is 1.21 bits per heavy atom. The van der Waals surface area contributed by atoms with Gasteiger partial charge in [-0.3, -0.25) is 0 Å². The van der Waals surface area contributed by atoms with Gasteiger partial charge in [0.15, 0.2) is 9.84 Å². The van der Waals surface area contributed by atoms with Crippen LogP contribution in [0.15, 0.2) is 59.9 Å². The van der Waals surface area contributed by atoms with Crippen LogP contribution in [0.2, 0.25) is 0 Å². The molecule has 1 aliphatic carbocycles. The van der Waals surface area contributed by atoms with Gasteiger partial charge in [-0.25, -0.2) is 13.4 Å². The summed E-state index contributed by atoms with van der Waals surface area (Å²) in [6.45, 7) is 1.67. The topological polar surface area (TPSA) is 64.0 Å². The van der Waals surface area contributed by atoms with Crippen LogP contribution in [0.25, 0.3) is 11.3 Å². The Kier molecular flexibility index (Phi) is 4.98. The largest absolute Gasteiger partial charge is 0.378 e. The lowest BCUT2D eigenvalue weighted by atomic mass is 9.87. The zero-order valence-electron chi connectivity index (χ0n) is 16.2. The Labute approximate surface area is 166 Å². The number of aryl methyl sites for hydroxylation is 2. The second-order valence-corrected chi connectivity index (χ2v) is 9.60. The fourth-order valence-electron chi connectivity index (χ4n) is 3.86. The smallest absolute Gasteiger partial charge is 0.178 e. The molecular weight excluding hydrogens is 370 g/mol. The number of rotatable bonds is 5. The summed E-state index contributed by atoms with van der Waals surface area (Å²) in [5.41, 5.74) is 5.21. The van der Waals surface area contributed by atoms with Gasteiger partial charge >= 0.3 is 0 Å². The van der Waals surface area contributed by atoms with E-state index in [1.807, 2.05) is 23.9 Å². The van der Waals surface area contributed by atoms with Gasteiger partial charge in [0.05, 0.1) is 28.7 Å². The first-order chi connectivity index (χ1) is 13.5. The molecule has 4 rings (SSSR count). The molecule has 0 radical (unpaired) electrons. The lowest BCUT2D eigenvalue weighted by Crippen LogP contribution is -2.18. The molecule has 1 N–H and O–H groups in total. The highest BCUT2D eigenvalue weighted by Crippen LogP contribution is 2.36. The van der Waals surface area contributed by atoms with Crippen molar-refractivity contribution in [2.45, 2.75) is 37.1 Å². The van der Waals surface area contributed by atoms with E-state index in [0.717, 1.165) is 36.2 Å². The van der Waals surface area contributed by atoms with Crippen molar-refractivity contribution >= 4 is 15.5 Å². The SMILES string of the molecule is CCS(=O)(=O)c1ccc(NC2CCCc3ccccc32)c(-c2cn(C)cn2)c1. The molecule has 0 saturated heterocycles. The second kappa shape index (κ2) is 7.43. The lowest BCUT2D eigenvalue weighted by Gasteiger charge is -2.28. The van der Waals surface area contributed by atoms with Crippen molar-refractivity contribution < 1.29 is 8.42 Å². The maximum atomic E-state index is 12.4. The van der Waals surface area contributed by atoms with Gasteiger partial charge in [-0.2, -0.15) is 0 Å². The minimum atomic E-state index is -3.28. The summed E-state index contributed by atoms with van der Waals surface area (Å²) in [4.78, 5) is 4.80. The van der Waals surface area contributed by atoms with Crippen molar-refractivity contribution in [2.24, 2.45) is 7.05 Å². The summed E-state index contributed by atoms with van der Waals surface area (Å²) in [6, 6.07) is 14.1. The van der Waals surface area contributed by atoms with Crippen LogP contribution in [0.3, 0.4) is 0 Å². The van der Waals surface area contributed by atoms with Crippen LogP contribution in [0.1, 0.15) is 36.9 Å². The molecule has 1 atom stereocenters. The molecule has 3 aromatic rings. The average molecular weight is 396 g/mol. The van der Waals surface area contributed by atoms with Gasteiger partial charge in [-0.15, -0.1) is 0 Å². The zero-order valence-corrected chi connectivity index (χ0v) is 17.0. The molecule has 0 aliphatic heterocycles. The summed E-state index contributed by atoms with van der Waals surface area (Å²) in [5, 5.41) is 3.67. The van der Waals surface area contributed by atoms with E-state index in [1.165, 1.54) is 11.1 Å². The van der Waals surface area contributed by atoms with Gasteiger partial charge < -0.3 is 9.88 Å². The normalized spacial score (nSPS) is 16.6. The summed E-state index contributed by atoms with van der Waals surface area (Å²) >= 11 is 0. The molecule has 1 aromatic heterocycles. The highest BCUT2D eigenvalue weighted by Gasteiger charge is 2.22. The summed E-state index contributed by atoms with van der Waals surface area (Å²) in [6.07, 6.45) is 6.94. The molecule has 5 nitrogen and oxygen atoms in total. The van der Waals surface area contributed by atoms with Crippen molar-refractivity contribution in [1.29, 1.82) is 0 Å². The number of nitrogens with one attached hydrogen (secondary N) is 1. The van der Waals surface area contributed by atoms with Crippen LogP contribution in [0.4, 0.5) is 5.69 Å². The average Bonchev–Trinajstić information content (AvgIpc) is 3.14. The lowest BCUT2D eigenvalue weighted by molar-refractivity contribution is 0.597. The van der Waals surface area contributed by atoms with E-state index in [0.29, 0.717) is 4.90 Å². The molecule has 28 heavy (non-hydrogen) atoms. The van der Waals surface area contributed by atoms with Gasteiger partial charge in [-0.05, 0) is 48.6 Å².